The van der Waals surface area contributed by atoms with Gasteiger partial charge in [0.25, 0.3) is 0 Å². The standard InChI is InChI=1S/C13H15N3O2/c1-9-7-16(12(8-17)13(18)15-9)11-4-2-10(6-14)3-5-11/h2-5,9,12,17H,7-8H2,1H3,(H,15,18). The van der Waals surface area contributed by atoms with Crippen LogP contribution in [0.5, 0.6) is 0 Å². The molecule has 2 rings (SSSR count). The third-order valence-corrected chi connectivity index (χ3v) is 3.04. The van der Waals surface area contributed by atoms with E-state index in [1.54, 1.807) is 24.3 Å². The zero-order valence-corrected chi connectivity index (χ0v) is 10.1. The summed E-state index contributed by atoms with van der Waals surface area (Å²) < 4.78 is 0. The molecule has 0 spiro atoms. The van der Waals surface area contributed by atoms with Crippen molar-refractivity contribution >= 4 is 11.6 Å². The van der Waals surface area contributed by atoms with Gasteiger partial charge >= 0.3 is 0 Å². The van der Waals surface area contributed by atoms with E-state index in [4.69, 9.17) is 5.26 Å². The molecule has 18 heavy (non-hydrogen) atoms. The minimum Gasteiger partial charge on any atom is -0.394 e. The minimum absolute atomic E-state index is 0.0379. The van der Waals surface area contributed by atoms with Crippen LogP contribution in [-0.2, 0) is 4.79 Å². The van der Waals surface area contributed by atoms with Gasteiger partial charge in [0.2, 0.25) is 5.91 Å². The second-order valence-electron chi connectivity index (χ2n) is 4.42. The van der Waals surface area contributed by atoms with Crippen molar-refractivity contribution in [2.45, 2.75) is 19.0 Å². The third kappa shape index (κ3) is 2.29. The number of benzene rings is 1. The lowest BCUT2D eigenvalue weighted by Crippen LogP contribution is -2.60. The summed E-state index contributed by atoms with van der Waals surface area (Å²) >= 11 is 0. The van der Waals surface area contributed by atoms with Crippen LogP contribution in [0.3, 0.4) is 0 Å². The van der Waals surface area contributed by atoms with Crippen LogP contribution in [0.4, 0.5) is 5.69 Å². The number of anilines is 1. The van der Waals surface area contributed by atoms with Gasteiger partial charge in [-0.25, -0.2) is 0 Å². The first-order valence-corrected chi connectivity index (χ1v) is 5.83. The first kappa shape index (κ1) is 12.4. The molecule has 1 saturated heterocycles. The topological polar surface area (TPSA) is 76.4 Å². The molecule has 2 atom stereocenters. The average molecular weight is 245 g/mol. The molecular weight excluding hydrogens is 230 g/mol. The lowest BCUT2D eigenvalue weighted by molar-refractivity contribution is -0.125. The maximum atomic E-state index is 11.8. The summed E-state index contributed by atoms with van der Waals surface area (Å²) in [5.41, 5.74) is 1.42. The maximum Gasteiger partial charge on any atom is 0.245 e. The summed E-state index contributed by atoms with van der Waals surface area (Å²) in [7, 11) is 0. The highest BCUT2D eigenvalue weighted by atomic mass is 16.3. The number of carbonyl (C=O) groups is 1. The SMILES string of the molecule is CC1CN(c2ccc(C#N)cc2)C(CO)C(=O)N1. The van der Waals surface area contributed by atoms with Crippen LogP contribution in [0.1, 0.15) is 12.5 Å². The van der Waals surface area contributed by atoms with E-state index in [1.807, 2.05) is 11.8 Å². The van der Waals surface area contributed by atoms with Crippen LogP contribution < -0.4 is 10.2 Å². The number of nitrogens with one attached hydrogen (secondary N) is 1. The van der Waals surface area contributed by atoms with E-state index in [0.29, 0.717) is 12.1 Å². The Morgan fingerprint density at radius 2 is 2.17 bits per heavy atom. The van der Waals surface area contributed by atoms with Crippen LogP contribution in [-0.4, -0.2) is 36.2 Å². The molecule has 0 aliphatic carbocycles. The number of nitriles is 1. The summed E-state index contributed by atoms with van der Waals surface area (Å²) in [6.07, 6.45) is 0. The summed E-state index contributed by atoms with van der Waals surface area (Å²) in [4.78, 5) is 13.6. The van der Waals surface area contributed by atoms with Crippen LogP contribution in [0, 0.1) is 11.3 Å². The Morgan fingerprint density at radius 3 is 2.72 bits per heavy atom. The molecule has 0 aromatic heterocycles. The van der Waals surface area contributed by atoms with Gasteiger partial charge in [-0.2, -0.15) is 5.26 Å². The van der Waals surface area contributed by atoms with E-state index in [0.717, 1.165) is 5.69 Å². The first-order chi connectivity index (χ1) is 8.65. The number of hydrogen-bond donors (Lipinski definition) is 2. The van der Waals surface area contributed by atoms with Gasteiger partial charge in [0, 0.05) is 18.3 Å². The number of nitrogens with zero attached hydrogens (tertiary/aromatic N) is 2. The maximum absolute atomic E-state index is 11.8. The van der Waals surface area contributed by atoms with Crippen molar-refractivity contribution < 1.29 is 9.90 Å². The van der Waals surface area contributed by atoms with Crippen molar-refractivity contribution in [1.29, 1.82) is 5.26 Å². The number of aliphatic hydroxyl groups excluding tert-OH is 1. The largest absolute Gasteiger partial charge is 0.394 e. The Morgan fingerprint density at radius 1 is 1.50 bits per heavy atom. The molecule has 1 amide bonds. The summed E-state index contributed by atoms with van der Waals surface area (Å²) in [6.45, 7) is 2.34. The van der Waals surface area contributed by atoms with Crippen molar-refractivity contribution in [3.8, 4) is 6.07 Å². The van der Waals surface area contributed by atoms with Gasteiger partial charge in [-0.15, -0.1) is 0 Å². The highest BCUT2D eigenvalue weighted by Gasteiger charge is 2.32. The van der Waals surface area contributed by atoms with Gasteiger partial charge in [-0.05, 0) is 31.2 Å². The lowest BCUT2D eigenvalue weighted by atomic mass is 10.1. The van der Waals surface area contributed by atoms with E-state index >= 15 is 0 Å². The predicted octanol–water partition coefficient (Wildman–Crippen LogP) is 0.244. The van der Waals surface area contributed by atoms with Crippen LogP contribution in [0.25, 0.3) is 0 Å². The molecule has 1 aliphatic heterocycles. The second kappa shape index (κ2) is 5.07. The average Bonchev–Trinajstić information content (AvgIpc) is 2.38. The first-order valence-electron chi connectivity index (χ1n) is 5.83. The molecule has 1 fully saturated rings. The quantitative estimate of drug-likeness (QED) is 0.782. The minimum atomic E-state index is -0.561. The van der Waals surface area contributed by atoms with Crippen molar-refractivity contribution in [3.63, 3.8) is 0 Å². The Kier molecular flexibility index (Phi) is 3.49. The van der Waals surface area contributed by atoms with Gasteiger partial charge in [0.1, 0.15) is 6.04 Å². The molecule has 1 aromatic carbocycles. The number of aliphatic hydroxyl groups is 1. The molecular formula is C13H15N3O2. The van der Waals surface area contributed by atoms with Crippen molar-refractivity contribution in [2.24, 2.45) is 0 Å². The van der Waals surface area contributed by atoms with Gasteiger partial charge in [-0.1, -0.05) is 0 Å². The second-order valence-corrected chi connectivity index (χ2v) is 4.42. The van der Waals surface area contributed by atoms with E-state index < -0.39 is 6.04 Å². The van der Waals surface area contributed by atoms with Gasteiger partial charge in [0.15, 0.2) is 0 Å². The van der Waals surface area contributed by atoms with Crippen LogP contribution >= 0.6 is 0 Å². The third-order valence-electron chi connectivity index (χ3n) is 3.04. The Bertz CT molecular complexity index is 478. The molecule has 0 bridgehead atoms. The Labute approximate surface area is 106 Å². The fourth-order valence-electron chi connectivity index (χ4n) is 2.14. The number of piperazine rings is 1. The molecule has 2 unspecified atom stereocenters. The Balaban J connectivity index is 2.28. The number of carbonyl (C=O) groups excluding carboxylic acids is 1. The molecule has 5 heteroatoms. The summed E-state index contributed by atoms with van der Waals surface area (Å²) in [5.74, 6) is -0.166. The highest BCUT2D eigenvalue weighted by Crippen LogP contribution is 2.20. The smallest absolute Gasteiger partial charge is 0.245 e. The van der Waals surface area contributed by atoms with Crippen LogP contribution in [0.15, 0.2) is 24.3 Å². The number of rotatable bonds is 2. The van der Waals surface area contributed by atoms with Crippen molar-refractivity contribution in [2.75, 3.05) is 18.1 Å². The van der Waals surface area contributed by atoms with Crippen LogP contribution in [0.2, 0.25) is 0 Å². The number of amides is 1. The number of hydrogen-bond acceptors (Lipinski definition) is 4. The molecule has 0 saturated carbocycles. The normalized spacial score (nSPS) is 23.4. The molecule has 1 heterocycles. The highest BCUT2D eigenvalue weighted by molar-refractivity contribution is 5.87. The molecule has 1 aliphatic rings. The van der Waals surface area contributed by atoms with Gasteiger partial charge in [-0.3, -0.25) is 4.79 Å². The summed E-state index contributed by atoms with van der Waals surface area (Å²) in [5, 5.41) is 20.9. The Hall–Kier alpha value is -2.06. The fourth-order valence-corrected chi connectivity index (χ4v) is 2.14. The lowest BCUT2D eigenvalue weighted by Gasteiger charge is -2.39. The van der Waals surface area contributed by atoms with Crippen molar-refractivity contribution in [1.82, 2.24) is 5.32 Å². The monoisotopic (exact) mass is 245 g/mol. The van der Waals surface area contributed by atoms with E-state index in [2.05, 4.69) is 11.4 Å². The van der Waals surface area contributed by atoms with E-state index in [1.165, 1.54) is 0 Å². The molecule has 5 nitrogen and oxygen atoms in total. The molecule has 0 radical (unpaired) electrons. The van der Waals surface area contributed by atoms with Gasteiger partial charge in [0.05, 0.1) is 18.2 Å². The zero-order chi connectivity index (χ0) is 13.1. The van der Waals surface area contributed by atoms with E-state index in [9.17, 15) is 9.90 Å². The summed E-state index contributed by atoms with van der Waals surface area (Å²) in [6, 6.07) is 8.54. The fraction of sp³-hybridized carbons (Fsp3) is 0.385. The van der Waals surface area contributed by atoms with E-state index in [-0.39, 0.29) is 18.6 Å². The zero-order valence-electron chi connectivity index (χ0n) is 10.1. The predicted molar refractivity (Wildman–Crippen MR) is 67.0 cm³/mol. The molecule has 94 valence electrons. The molecule has 2 N–H and O–H groups in total. The molecule has 1 aromatic rings. The van der Waals surface area contributed by atoms with Crippen molar-refractivity contribution in [3.05, 3.63) is 29.8 Å². The van der Waals surface area contributed by atoms with Gasteiger partial charge < -0.3 is 15.3 Å².